The van der Waals surface area contributed by atoms with Crippen LogP contribution in [0.4, 0.5) is 5.13 Å². The fraction of sp³-hybridized carbons (Fsp3) is 0.417. The van der Waals surface area contributed by atoms with Crippen molar-refractivity contribution in [3.05, 3.63) is 17.4 Å². The molecular weight excluding hydrogens is 326 g/mol. The van der Waals surface area contributed by atoms with E-state index < -0.39 is 0 Å². The van der Waals surface area contributed by atoms with E-state index in [9.17, 15) is 9.59 Å². The Morgan fingerprint density at radius 2 is 2.32 bits per heavy atom. The largest absolute Gasteiger partial charge is 0.466 e. The maximum Gasteiger partial charge on any atom is 0.311 e. The lowest BCUT2D eigenvalue weighted by Gasteiger charge is -2.01. The van der Waals surface area contributed by atoms with Gasteiger partial charge < -0.3 is 14.6 Å². The number of esters is 1. The molecule has 0 saturated carbocycles. The number of hydrogen-bond acceptors (Lipinski definition) is 8. The number of rotatable bonds is 7. The van der Waals surface area contributed by atoms with Gasteiger partial charge in [-0.3, -0.25) is 9.59 Å². The maximum atomic E-state index is 11.8. The van der Waals surface area contributed by atoms with Gasteiger partial charge in [0, 0.05) is 18.1 Å². The van der Waals surface area contributed by atoms with Gasteiger partial charge in [-0.2, -0.15) is 0 Å². The van der Waals surface area contributed by atoms with Crippen molar-refractivity contribution < 1.29 is 14.3 Å². The molecule has 2 aromatic heterocycles. The summed E-state index contributed by atoms with van der Waals surface area (Å²) >= 11 is 2.54. The molecule has 2 rings (SSSR count). The van der Waals surface area contributed by atoms with Crippen molar-refractivity contribution in [2.45, 2.75) is 18.5 Å². The summed E-state index contributed by atoms with van der Waals surface area (Å²) in [6.07, 6.45) is 3.30. The number of hydrogen-bond donors (Lipinski definition) is 1. The SMILES string of the molecule is CCOC(=O)Cc1cnc(NC(=O)CSc2nncn2C)s1. The first-order valence-electron chi connectivity index (χ1n) is 6.45. The number of thiazole rings is 1. The van der Waals surface area contributed by atoms with Crippen molar-refractivity contribution in [2.24, 2.45) is 7.05 Å². The molecule has 2 aromatic rings. The van der Waals surface area contributed by atoms with Crippen LogP contribution in [0.5, 0.6) is 0 Å². The van der Waals surface area contributed by atoms with Gasteiger partial charge >= 0.3 is 5.97 Å². The van der Waals surface area contributed by atoms with E-state index in [1.807, 2.05) is 7.05 Å². The van der Waals surface area contributed by atoms with Crippen LogP contribution in [0, 0.1) is 0 Å². The predicted octanol–water partition coefficient (Wildman–Crippen LogP) is 1.11. The summed E-state index contributed by atoms with van der Waals surface area (Å²) in [6.45, 7) is 2.10. The highest BCUT2D eigenvalue weighted by molar-refractivity contribution is 7.99. The summed E-state index contributed by atoms with van der Waals surface area (Å²) in [4.78, 5) is 28.0. The number of aryl methyl sites for hydroxylation is 1. The van der Waals surface area contributed by atoms with Crippen molar-refractivity contribution in [3.8, 4) is 0 Å². The standard InChI is InChI=1S/C12H15N5O3S2/c1-3-20-10(19)4-8-5-13-11(22-8)15-9(18)6-21-12-16-14-7-17(12)2/h5,7H,3-4,6H2,1-2H3,(H,13,15,18). The highest BCUT2D eigenvalue weighted by atomic mass is 32.2. The van der Waals surface area contributed by atoms with E-state index in [1.165, 1.54) is 23.1 Å². The lowest BCUT2D eigenvalue weighted by molar-refractivity contribution is -0.142. The second-order valence-corrected chi connectivity index (χ2v) is 6.23. The molecule has 1 N–H and O–H groups in total. The maximum absolute atomic E-state index is 11.8. The zero-order chi connectivity index (χ0) is 15.9. The van der Waals surface area contributed by atoms with E-state index in [0.29, 0.717) is 16.9 Å². The summed E-state index contributed by atoms with van der Waals surface area (Å²) in [5, 5.41) is 11.4. The third-order valence-electron chi connectivity index (χ3n) is 2.43. The first-order chi connectivity index (χ1) is 10.6. The van der Waals surface area contributed by atoms with Crippen molar-refractivity contribution in [1.29, 1.82) is 0 Å². The minimum absolute atomic E-state index is 0.162. The number of aromatic nitrogens is 4. The third kappa shape index (κ3) is 4.81. The van der Waals surface area contributed by atoms with Crippen LogP contribution in [0.3, 0.4) is 0 Å². The van der Waals surface area contributed by atoms with Crippen LogP contribution in [-0.2, 0) is 27.8 Å². The fourth-order valence-electron chi connectivity index (χ4n) is 1.49. The Bertz CT molecular complexity index is 655. The molecule has 2 heterocycles. The number of carbonyl (C=O) groups excluding carboxylic acids is 2. The van der Waals surface area contributed by atoms with Crippen LogP contribution in [-0.4, -0.2) is 44.0 Å². The molecule has 0 aliphatic heterocycles. The highest BCUT2D eigenvalue weighted by Gasteiger charge is 2.11. The molecule has 0 atom stereocenters. The van der Waals surface area contributed by atoms with Gasteiger partial charge in [0.2, 0.25) is 5.91 Å². The molecule has 22 heavy (non-hydrogen) atoms. The molecule has 8 nitrogen and oxygen atoms in total. The molecule has 0 bridgehead atoms. The first kappa shape index (κ1) is 16.4. The Morgan fingerprint density at radius 1 is 1.50 bits per heavy atom. The first-order valence-corrected chi connectivity index (χ1v) is 8.25. The van der Waals surface area contributed by atoms with Gasteiger partial charge in [-0.05, 0) is 6.92 Å². The molecule has 10 heteroatoms. The van der Waals surface area contributed by atoms with Crippen LogP contribution < -0.4 is 5.32 Å². The van der Waals surface area contributed by atoms with Crippen LogP contribution in [0.1, 0.15) is 11.8 Å². The molecule has 0 aromatic carbocycles. The van der Waals surface area contributed by atoms with Crippen molar-refractivity contribution in [3.63, 3.8) is 0 Å². The molecule has 0 unspecified atom stereocenters. The third-order valence-corrected chi connectivity index (χ3v) is 4.37. The number of thioether (sulfide) groups is 1. The Kier molecular flexibility index (Phi) is 5.90. The average Bonchev–Trinajstić information content (AvgIpc) is 3.06. The number of amides is 1. The normalized spacial score (nSPS) is 10.5. The zero-order valence-electron chi connectivity index (χ0n) is 12.1. The second-order valence-electron chi connectivity index (χ2n) is 4.17. The van der Waals surface area contributed by atoms with Crippen molar-refractivity contribution in [1.82, 2.24) is 19.7 Å². The number of anilines is 1. The molecule has 0 aliphatic carbocycles. The van der Waals surface area contributed by atoms with Gasteiger partial charge in [0.05, 0.1) is 18.8 Å². The van der Waals surface area contributed by atoms with Gasteiger partial charge in [-0.25, -0.2) is 4.98 Å². The van der Waals surface area contributed by atoms with E-state index >= 15 is 0 Å². The monoisotopic (exact) mass is 341 g/mol. The molecule has 1 amide bonds. The van der Waals surface area contributed by atoms with Crippen LogP contribution in [0.25, 0.3) is 0 Å². The lowest BCUT2D eigenvalue weighted by Crippen LogP contribution is -2.14. The van der Waals surface area contributed by atoms with Gasteiger partial charge in [0.25, 0.3) is 0 Å². The zero-order valence-corrected chi connectivity index (χ0v) is 13.7. The number of nitrogens with zero attached hydrogens (tertiary/aromatic N) is 4. The van der Waals surface area contributed by atoms with Crippen LogP contribution in [0.15, 0.2) is 17.7 Å². The topological polar surface area (TPSA) is 99.0 Å². The fourth-order valence-corrected chi connectivity index (χ4v) is 2.99. The van der Waals surface area contributed by atoms with E-state index in [0.717, 1.165) is 4.88 Å². The predicted molar refractivity (Wildman–Crippen MR) is 82.8 cm³/mol. The van der Waals surface area contributed by atoms with Gasteiger partial charge in [-0.15, -0.1) is 21.5 Å². The second kappa shape index (κ2) is 7.90. The Balaban J connectivity index is 1.80. The summed E-state index contributed by atoms with van der Waals surface area (Å²) in [5.41, 5.74) is 0. The van der Waals surface area contributed by atoms with Crippen molar-refractivity contribution >= 4 is 40.1 Å². The number of nitrogens with one attached hydrogen (secondary N) is 1. The summed E-state index contributed by atoms with van der Waals surface area (Å²) < 4.78 is 6.60. The lowest BCUT2D eigenvalue weighted by atomic mass is 10.4. The van der Waals surface area contributed by atoms with E-state index in [-0.39, 0.29) is 24.1 Å². The molecule has 0 radical (unpaired) electrons. The minimum Gasteiger partial charge on any atom is -0.466 e. The smallest absolute Gasteiger partial charge is 0.311 e. The molecular formula is C12H15N5O3S2. The number of ether oxygens (including phenoxy) is 1. The van der Waals surface area contributed by atoms with Gasteiger partial charge in [0.15, 0.2) is 10.3 Å². The summed E-state index contributed by atoms with van der Waals surface area (Å²) in [6, 6.07) is 0. The number of carbonyl (C=O) groups is 2. The van der Waals surface area contributed by atoms with Crippen molar-refractivity contribution in [2.75, 3.05) is 17.7 Å². The summed E-state index contributed by atoms with van der Waals surface area (Å²) in [5.74, 6) is -0.286. The van der Waals surface area contributed by atoms with Gasteiger partial charge in [0.1, 0.15) is 6.33 Å². The molecule has 0 aliphatic rings. The average molecular weight is 341 g/mol. The van der Waals surface area contributed by atoms with E-state index in [1.54, 1.807) is 24.0 Å². The summed E-state index contributed by atoms with van der Waals surface area (Å²) in [7, 11) is 1.81. The molecule has 0 spiro atoms. The quantitative estimate of drug-likeness (QED) is 0.595. The Labute approximate surface area is 135 Å². The highest BCUT2D eigenvalue weighted by Crippen LogP contribution is 2.20. The minimum atomic E-state index is -0.304. The van der Waals surface area contributed by atoms with Crippen LogP contribution >= 0.6 is 23.1 Å². The van der Waals surface area contributed by atoms with E-state index in [4.69, 9.17) is 4.74 Å². The molecule has 0 fully saturated rings. The van der Waals surface area contributed by atoms with E-state index in [2.05, 4.69) is 20.5 Å². The van der Waals surface area contributed by atoms with Crippen LogP contribution in [0.2, 0.25) is 0 Å². The Hall–Kier alpha value is -1.94. The molecule has 0 saturated heterocycles. The Morgan fingerprint density at radius 3 is 3.00 bits per heavy atom. The van der Waals surface area contributed by atoms with Gasteiger partial charge in [-0.1, -0.05) is 11.8 Å². The molecule has 118 valence electrons.